The molecule has 0 N–H and O–H groups in total. The number of fused-ring (bicyclic) bond motifs is 3. The van der Waals surface area contributed by atoms with Gasteiger partial charge < -0.3 is 9.64 Å². The molecule has 3 heteroatoms. The lowest BCUT2D eigenvalue weighted by Crippen LogP contribution is -2.47. The van der Waals surface area contributed by atoms with E-state index in [1.54, 1.807) is 0 Å². The molecule has 0 radical (unpaired) electrons. The molecule has 2 aliphatic heterocycles. The first-order chi connectivity index (χ1) is 9.47. The van der Waals surface area contributed by atoms with Crippen molar-refractivity contribution in [2.24, 2.45) is 17.3 Å². The SMILES string of the molecule is C=CCC[C@@]12CCC[C@@H]1[C@@]1(C)OC[C@H](C(C)C)N1C2=O. The smallest absolute Gasteiger partial charge is 0.231 e. The molecule has 0 aromatic rings. The molecular formula is C17H27NO2. The highest BCUT2D eigenvalue weighted by atomic mass is 16.5. The molecule has 3 fully saturated rings. The van der Waals surface area contributed by atoms with Crippen LogP contribution in [0.2, 0.25) is 0 Å². The van der Waals surface area contributed by atoms with Crippen LogP contribution in [0, 0.1) is 17.3 Å². The summed E-state index contributed by atoms with van der Waals surface area (Å²) in [5, 5.41) is 0. The molecular weight excluding hydrogens is 250 g/mol. The van der Waals surface area contributed by atoms with E-state index in [-0.39, 0.29) is 17.2 Å². The molecule has 0 aromatic carbocycles. The van der Waals surface area contributed by atoms with Crippen LogP contribution in [-0.4, -0.2) is 29.2 Å². The van der Waals surface area contributed by atoms with Gasteiger partial charge in [0.2, 0.25) is 5.91 Å². The second-order valence-corrected chi connectivity index (χ2v) is 7.28. The Balaban J connectivity index is 1.98. The van der Waals surface area contributed by atoms with Crippen LogP contribution in [0.3, 0.4) is 0 Å². The van der Waals surface area contributed by atoms with Crippen LogP contribution in [0.1, 0.15) is 52.9 Å². The minimum atomic E-state index is -0.357. The number of rotatable bonds is 4. The molecule has 0 aromatic heterocycles. The Morgan fingerprint density at radius 2 is 2.30 bits per heavy atom. The van der Waals surface area contributed by atoms with E-state index >= 15 is 0 Å². The van der Waals surface area contributed by atoms with E-state index in [2.05, 4.69) is 32.3 Å². The van der Waals surface area contributed by atoms with Gasteiger partial charge in [-0.05, 0) is 38.5 Å². The van der Waals surface area contributed by atoms with E-state index in [4.69, 9.17) is 4.74 Å². The summed E-state index contributed by atoms with van der Waals surface area (Å²) in [5.74, 6) is 1.18. The topological polar surface area (TPSA) is 29.5 Å². The van der Waals surface area contributed by atoms with Crippen molar-refractivity contribution in [1.82, 2.24) is 4.90 Å². The highest BCUT2D eigenvalue weighted by Crippen LogP contribution is 2.62. The number of hydrogen-bond acceptors (Lipinski definition) is 2. The van der Waals surface area contributed by atoms with Crippen molar-refractivity contribution in [3.05, 3.63) is 12.7 Å². The summed E-state index contributed by atoms with van der Waals surface area (Å²) in [6.45, 7) is 11.1. The van der Waals surface area contributed by atoms with E-state index in [0.717, 1.165) is 32.1 Å². The molecule has 20 heavy (non-hydrogen) atoms. The van der Waals surface area contributed by atoms with Gasteiger partial charge in [0.05, 0.1) is 18.1 Å². The van der Waals surface area contributed by atoms with E-state index in [0.29, 0.717) is 24.3 Å². The molecule has 3 rings (SSSR count). The van der Waals surface area contributed by atoms with Crippen molar-refractivity contribution < 1.29 is 9.53 Å². The summed E-state index contributed by atoms with van der Waals surface area (Å²) < 4.78 is 6.21. The predicted molar refractivity (Wildman–Crippen MR) is 79.0 cm³/mol. The maximum atomic E-state index is 13.2. The van der Waals surface area contributed by atoms with Gasteiger partial charge in [-0.3, -0.25) is 4.79 Å². The third-order valence-corrected chi connectivity index (χ3v) is 5.99. The average molecular weight is 277 g/mol. The van der Waals surface area contributed by atoms with Crippen LogP contribution in [0.4, 0.5) is 0 Å². The van der Waals surface area contributed by atoms with Crippen LogP contribution in [-0.2, 0) is 9.53 Å². The quantitative estimate of drug-likeness (QED) is 0.738. The van der Waals surface area contributed by atoms with Gasteiger partial charge in [-0.15, -0.1) is 6.58 Å². The second-order valence-electron chi connectivity index (χ2n) is 7.28. The van der Waals surface area contributed by atoms with Gasteiger partial charge in [0.25, 0.3) is 0 Å². The Morgan fingerprint density at radius 3 is 2.95 bits per heavy atom. The number of hydrogen-bond donors (Lipinski definition) is 0. The molecule has 1 saturated carbocycles. The summed E-state index contributed by atoms with van der Waals surface area (Å²) in [6, 6.07) is 0.249. The molecule has 1 amide bonds. The van der Waals surface area contributed by atoms with Crippen molar-refractivity contribution >= 4 is 5.91 Å². The summed E-state index contributed by atoms with van der Waals surface area (Å²) in [6.07, 6.45) is 7.14. The van der Waals surface area contributed by atoms with E-state index < -0.39 is 0 Å². The lowest BCUT2D eigenvalue weighted by molar-refractivity contribution is -0.143. The Bertz CT molecular complexity index is 433. The fraction of sp³-hybridized carbons (Fsp3) is 0.824. The fourth-order valence-corrected chi connectivity index (χ4v) is 4.95. The lowest BCUT2D eigenvalue weighted by Gasteiger charge is -2.34. The first kappa shape index (κ1) is 14.1. The highest BCUT2D eigenvalue weighted by Gasteiger charge is 2.69. The van der Waals surface area contributed by atoms with Crippen molar-refractivity contribution in [2.75, 3.05) is 6.61 Å². The van der Waals surface area contributed by atoms with Gasteiger partial charge in [0.15, 0.2) is 0 Å². The van der Waals surface area contributed by atoms with Crippen LogP contribution in [0.15, 0.2) is 12.7 Å². The van der Waals surface area contributed by atoms with Gasteiger partial charge >= 0.3 is 0 Å². The van der Waals surface area contributed by atoms with E-state index in [9.17, 15) is 4.79 Å². The zero-order chi connectivity index (χ0) is 14.5. The maximum Gasteiger partial charge on any atom is 0.231 e. The molecule has 2 saturated heterocycles. The van der Waals surface area contributed by atoms with Crippen molar-refractivity contribution in [3.8, 4) is 0 Å². The average Bonchev–Trinajstić information content (AvgIpc) is 3.01. The van der Waals surface area contributed by atoms with Crippen LogP contribution >= 0.6 is 0 Å². The third kappa shape index (κ3) is 1.59. The minimum Gasteiger partial charge on any atom is -0.353 e. The monoisotopic (exact) mass is 277 g/mol. The van der Waals surface area contributed by atoms with Gasteiger partial charge in [0, 0.05) is 5.92 Å². The van der Waals surface area contributed by atoms with Crippen molar-refractivity contribution in [1.29, 1.82) is 0 Å². The molecule has 0 bridgehead atoms. The summed E-state index contributed by atoms with van der Waals surface area (Å²) in [4.78, 5) is 15.3. The largest absolute Gasteiger partial charge is 0.353 e. The minimum absolute atomic E-state index is 0.170. The summed E-state index contributed by atoms with van der Waals surface area (Å²) in [5.41, 5.74) is -0.528. The standard InChI is InChI=1S/C17H27NO2/c1-5-6-9-17-10-7-8-14(17)16(4)18(15(17)19)13(11-20-16)12(2)3/h5,12-14H,1,6-11H2,2-4H3/t13-,14-,16-,17-/m1/s1. The molecule has 112 valence electrons. The van der Waals surface area contributed by atoms with Crippen molar-refractivity contribution in [2.45, 2.75) is 64.6 Å². The number of carbonyl (C=O) groups excluding carboxylic acids is 1. The molecule has 0 spiro atoms. The fourth-order valence-electron chi connectivity index (χ4n) is 4.95. The number of allylic oxidation sites excluding steroid dienone is 1. The highest BCUT2D eigenvalue weighted by molar-refractivity contribution is 5.87. The number of nitrogens with zero attached hydrogens (tertiary/aromatic N) is 1. The van der Waals surface area contributed by atoms with Crippen molar-refractivity contribution in [3.63, 3.8) is 0 Å². The number of amides is 1. The van der Waals surface area contributed by atoms with Crippen LogP contribution in [0.25, 0.3) is 0 Å². The molecule has 4 atom stereocenters. The van der Waals surface area contributed by atoms with E-state index in [1.165, 1.54) is 0 Å². The zero-order valence-corrected chi connectivity index (χ0v) is 13.0. The molecule has 0 unspecified atom stereocenters. The summed E-state index contributed by atoms with van der Waals surface area (Å²) in [7, 11) is 0. The Morgan fingerprint density at radius 1 is 1.55 bits per heavy atom. The molecule has 2 heterocycles. The number of carbonyl (C=O) groups is 1. The Hall–Kier alpha value is -0.830. The molecule has 3 nitrogen and oxygen atoms in total. The van der Waals surface area contributed by atoms with Crippen LogP contribution in [0.5, 0.6) is 0 Å². The van der Waals surface area contributed by atoms with Gasteiger partial charge in [-0.25, -0.2) is 0 Å². The van der Waals surface area contributed by atoms with Crippen LogP contribution < -0.4 is 0 Å². The first-order valence-electron chi connectivity index (χ1n) is 8.06. The van der Waals surface area contributed by atoms with E-state index in [1.807, 2.05) is 6.08 Å². The normalized spacial score (nSPS) is 43.2. The van der Waals surface area contributed by atoms with Gasteiger partial charge in [-0.2, -0.15) is 0 Å². The number of ether oxygens (including phenoxy) is 1. The molecule has 1 aliphatic carbocycles. The second kappa shape index (κ2) is 4.59. The summed E-state index contributed by atoms with van der Waals surface area (Å²) >= 11 is 0. The van der Waals surface area contributed by atoms with Gasteiger partial charge in [-0.1, -0.05) is 26.3 Å². The van der Waals surface area contributed by atoms with Gasteiger partial charge in [0.1, 0.15) is 5.72 Å². The first-order valence-corrected chi connectivity index (χ1v) is 8.06. The molecule has 3 aliphatic rings. The Kier molecular flexibility index (Phi) is 3.24. The zero-order valence-electron chi connectivity index (χ0n) is 13.0. The predicted octanol–water partition coefficient (Wildman–Crippen LogP) is 3.35. The maximum absolute atomic E-state index is 13.2. The lowest BCUT2D eigenvalue weighted by atomic mass is 9.73. The third-order valence-electron chi connectivity index (χ3n) is 5.99. The Labute approximate surface area is 122 Å².